The fourth-order valence-corrected chi connectivity index (χ4v) is 4.10. The first kappa shape index (κ1) is 19.8. The first-order valence-electron chi connectivity index (χ1n) is 10.2. The molecule has 0 unspecified atom stereocenters. The molecule has 3 heterocycles. The smallest absolute Gasteiger partial charge is 0.296 e. The zero-order valence-electron chi connectivity index (χ0n) is 17.6. The van der Waals surface area contributed by atoms with E-state index in [1.54, 1.807) is 67.9 Å². The van der Waals surface area contributed by atoms with E-state index >= 15 is 0 Å². The van der Waals surface area contributed by atoms with Gasteiger partial charge in [-0.25, -0.2) is 4.98 Å². The molecule has 0 saturated heterocycles. The summed E-state index contributed by atoms with van der Waals surface area (Å²) in [5.41, 5.74) is 1.10. The Morgan fingerprint density at radius 2 is 1.84 bits per heavy atom. The van der Waals surface area contributed by atoms with E-state index in [9.17, 15) is 9.59 Å². The van der Waals surface area contributed by atoms with Crippen LogP contribution >= 0.6 is 0 Å². The molecule has 0 spiro atoms. The first-order chi connectivity index (χ1) is 15.6. The Balaban J connectivity index is 1.78. The Kier molecular flexibility index (Phi) is 4.86. The number of hydrogen-bond donors (Lipinski definition) is 0. The monoisotopic (exact) mass is 428 g/mol. The summed E-state index contributed by atoms with van der Waals surface area (Å²) in [6.07, 6.45) is 1.60. The fraction of sp³-hybridized carbons (Fsp3) is 0.160. The van der Waals surface area contributed by atoms with Crippen molar-refractivity contribution in [2.75, 3.05) is 18.6 Å². The van der Waals surface area contributed by atoms with Crippen molar-refractivity contribution in [1.82, 2.24) is 4.98 Å². The summed E-state index contributed by atoms with van der Waals surface area (Å²) < 4.78 is 17.1. The summed E-state index contributed by atoms with van der Waals surface area (Å²) in [6, 6.07) is 16.9. The third kappa shape index (κ3) is 3.01. The molecule has 0 bridgehead atoms. The average molecular weight is 428 g/mol. The van der Waals surface area contributed by atoms with Crippen LogP contribution in [0.1, 0.15) is 34.6 Å². The molecule has 7 nitrogen and oxygen atoms in total. The van der Waals surface area contributed by atoms with Gasteiger partial charge in [0.25, 0.3) is 5.91 Å². The number of nitrogens with zero attached hydrogens (tertiary/aromatic N) is 2. The number of ether oxygens (including phenoxy) is 2. The molecule has 1 aliphatic rings. The predicted molar refractivity (Wildman–Crippen MR) is 120 cm³/mol. The van der Waals surface area contributed by atoms with Crippen LogP contribution < -0.4 is 19.8 Å². The lowest BCUT2D eigenvalue weighted by Gasteiger charge is -2.24. The lowest BCUT2D eigenvalue weighted by Crippen LogP contribution is -2.30. The number of hydrogen-bond acceptors (Lipinski definition) is 6. The van der Waals surface area contributed by atoms with Crippen LogP contribution in [0.2, 0.25) is 0 Å². The standard InChI is InChI=1S/C25H20N2O5/c1-3-31-18-12-11-15(14-19(18)30-2)22-21-23(28)16-8-4-5-9-17(16)32-24(21)25(29)27(22)20-10-6-7-13-26-20/h4-14,22H,3H2,1-2H3/t22-/m1/s1. The molecule has 4 aromatic rings. The topological polar surface area (TPSA) is 81.9 Å². The predicted octanol–water partition coefficient (Wildman–Crippen LogP) is 4.35. The van der Waals surface area contributed by atoms with Crippen molar-refractivity contribution in [3.8, 4) is 11.5 Å². The number of para-hydroxylation sites is 1. The molecule has 2 aromatic carbocycles. The first-order valence-corrected chi connectivity index (χ1v) is 10.2. The van der Waals surface area contributed by atoms with Crippen LogP contribution in [0.4, 0.5) is 5.82 Å². The number of anilines is 1. The summed E-state index contributed by atoms with van der Waals surface area (Å²) in [5.74, 6) is 1.12. The molecule has 0 radical (unpaired) electrons. The number of pyridine rings is 1. The lowest BCUT2D eigenvalue weighted by molar-refractivity contribution is 0.0970. The highest BCUT2D eigenvalue weighted by Gasteiger charge is 2.44. The van der Waals surface area contributed by atoms with Crippen molar-refractivity contribution < 1.29 is 18.7 Å². The van der Waals surface area contributed by atoms with Gasteiger partial charge in [-0.3, -0.25) is 14.5 Å². The van der Waals surface area contributed by atoms with E-state index in [1.807, 2.05) is 13.0 Å². The molecule has 0 N–H and O–H groups in total. The fourth-order valence-electron chi connectivity index (χ4n) is 4.10. The minimum absolute atomic E-state index is 0.0252. The van der Waals surface area contributed by atoms with Crippen molar-refractivity contribution in [3.63, 3.8) is 0 Å². The maximum absolute atomic E-state index is 13.5. The Bertz CT molecular complexity index is 1380. The van der Waals surface area contributed by atoms with E-state index < -0.39 is 11.9 Å². The zero-order valence-corrected chi connectivity index (χ0v) is 17.6. The Hall–Kier alpha value is -4.13. The molecule has 160 valence electrons. The molecule has 7 heteroatoms. The summed E-state index contributed by atoms with van der Waals surface area (Å²) in [6.45, 7) is 2.37. The maximum Gasteiger partial charge on any atom is 0.296 e. The van der Waals surface area contributed by atoms with Gasteiger partial charge in [0.2, 0.25) is 5.76 Å². The van der Waals surface area contributed by atoms with Crippen molar-refractivity contribution >= 4 is 22.7 Å². The number of aromatic nitrogens is 1. The van der Waals surface area contributed by atoms with Gasteiger partial charge in [-0.05, 0) is 48.9 Å². The number of amides is 1. The van der Waals surface area contributed by atoms with Gasteiger partial charge in [0, 0.05) is 6.20 Å². The molecule has 1 atom stereocenters. The van der Waals surface area contributed by atoms with E-state index in [4.69, 9.17) is 13.9 Å². The molecule has 0 saturated carbocycles. The summed E-state index contributed by atoms with van der Waals surface area (Å²) in [4.78, 5) is 32.9. The summed E-state index contributed by atoms with van der Waals surface area (Å²) >= 11 is 0. The second-order valence-corrected chi connectivity index (χ2v) is 7.28. The molecule has 0 aliphatic carbocycles. The molecule has 5 rings (SSSR count). The molecule has 0 fully saturated rings. The van der Waals surface area contributed by atoms with E-state index in [1.165, 1.54) is 4.90 Å². The highest BCUT2D eigenvalue weighted by molar-refractivity contribution is 6.10. The second-order valence-electron chi connectivity index (χ2n) is 7.28. The van der Waals surface area contributed by atoms with Crippen LogP contribution in [-0.4, -0.2) is 24.6 Å². The molecular formula is C25H20N2O5. The summed E-state index contributed by atoms with van der Waals surface area (Å²) in [7, 11) is 1.55. The molecular weight excluding hydrogens is 408 g/mol. The van der Waals surface area contributed by atoms with Crippen molar-refractivity contribution in [3.05, 3.63) is 94.0 Å². The molecule has 2 aromatic heterocycles. The quantitative estimate of drug-likeness (QED) is 0.470. The van der Waals surface area contributed by atoms with E-state index in [0.29, 0.717) is 40.5 Å². The van der Waals surface area contributed by atoms with Crippen LogP contribution in [0.5, 0.6) is 11.5 Å². The third-order valence-corrected chi connectivity index (χ3v) is 5.48. The number of carbonyl (C=O) groups excluding carboxylic acids is 1. The van der Waals surface area contributed by atoms with E-state index in [-0.39, 0.29) is 16.8 Å². The van der Waals surface area contributed by atoms with Crippen molar-refractivity contribution in [2.24, 2.45) is 0 Å². The van der Waals surface area contributed by atoms with Gasteiger partial charge in [0.05, 0.1) is 30.7 Å². The Labute approximate surface area is 183 Å². The molecule has 32 heavy (non-hydrogen) atoms. The normalized spacial score (nSPS) is 15.1. The van der Waals surface area contributed by atoms with Gasteiger partial charge in [0.15, 0.2) is 16.9 Å². The van der Waals surface area contributed by atoms with Gasteiger partial charge in [-0.2, -0.15) is 0 Å². The Morgan fingerprint density at radius 3 is 2.59 bits per heavy atom. The highest BCUT2D eigenvalue weighted by atomic mass is 16.5. The number of rotatable bonds is 5. The van der Waals surface area contributed by atoms with E-state index in [2.05, 4.69) is 4.98 Å². The van der Waals surface area contributed by atoms with Gasteiger partial charge in [-0.1, -0.05) is 24.3 Å². The van der Waals surface area contributed by atoms with E-state index in [0.717, 1.165) is 0 Å². The van der Waals surface area contributed by atoms with Crippen LogP contribution in [-0.2, 0) is 0 Å². The largest absolute Gasteiger partial charge is 0.493 e. The van der Waals surface area contributed by atoms with Gasteiger partial charge in [-0.15, -0.1) is 0 Å². The highest BCUT2D eigenvalue weighted by Crippen LogP contribution is 2.42. The SMILES string of the molecule is CCOc1ccc([C@@H]2c3c(oc4ccccc4c3=O)C(=O)N2c2ccccn2)cc1OC. The second kappa shape index (κ2) is 7.85. The minimum Gasteiger partial charge on any atom is -0.493 e. The maximum atomic E-state index is 13.5. The lowest BCUT2D eigenvalue weighted by atomic mass is 9.98. The summed E-state index contributed by atoms with van der Waals surface area (Å²) in [5, 5.41) is 0.421. The Morgan fingerprint density at radius 1 is 1.03 bits per heavy atom. The van der Waals surface area contributed by atoms with Crippen LogP contribution in [0, 0.1) is 0 Å². The van der Waals surface area contributed by atoms with Crippen molar-refractivity contribution in [2.45, 2.75) is 13.0 Å². The number of fused-ring (bicyclic) bond motifs is 2. The molecule has 1 amide bonds. The third-order valence-electron chi connectivity index (χ3n) is 5.48. The van der Waals surface area contributed by atoms with Crippen LogP contribution in [0.15, 0.2) is 76.1 Å². The van der Waals surface area contributed by atoms with Crippen LogP contribution in [0.25, 0.3) is 11.0 Å². The molecule has 1 aliphatic heterocycles. The van der Waals surface area contributed by atoms with Crippen LogP contribution in [0.3, 0.4) is 0 Å². The number of methoxy groups -OCH3 is 1. The van der Waals surface area contributed by atoms with Gasteiger partial charge < -0.3 is 13.9 Å². The minimum atomic E-state index is -0.724. The van der Waals surface area contributed by atoms with Gasteiger partial charge >= 0.3 is 0 Å². The number of benzene rings is 2. The van der Waals surface area contributed by atoms with Crippen molar-refractivity contribution in [1.29, 1.82) is 0 Å². The van der Waals surface area contributed by atoms with Gasteiger partial charge in [0.1, 0.15) is 11.4 Å². The average Bonchev–Trinajstić information content (AvgIpc) is 3.13. The number of carbonyl (C=O) groups is 1. The zero-order chi connectivity index (χ0) is 22.2.